The summed E-state index contributed by atoms with van der Waals surface area (Å²) < 4.78 is 0. The van der Waals surface area contributed by atoms with Crippen LogP contribution in [0.25, 0.3) is 0 Å². The highest BCUT2D eigenvalue weighted by Gasteiger charge is 2.70. The molecule has 0 aromatic rings. The second-order valence-corrected chi connectivity index (χ2v) is 13.7. The average Bonchev–Trinajstić information content (AvgIpc) is 2.96. The van der Waals surface area contributed by atoms with E-state index in [0.29, 0.717) is 23.7 Å². The van der Waals surface area contributed by atoms with Crippen molar-refractivity contribution >= 4 is 0 Å². The minimum Gasteiger partial charge on any atom is -0.393 e. The first-order valence-electron chi connectivity index (χ1n) is 13.5. The molecule has 0 spiro atoms. The van der Waals surface area contributed by atoms with Crippen LogP contribution in [-0.2, 0) is 0 Å². The molecule has 0 aliphatic heterocycles. The molecule has 0 amide bonds. The monoisotopic (exact) mass is 442 g/mol. The molecule has 0 bridgehead atoms. The zero-order chi connectivity index (χ0) is 23.7. The van der Waals surface area contributed by atoms with Crippen molar-refractivity contribution in [1.29, 1.82) is 0 Å². The maximum atomic E-state index is 11.9. The lowest BCUT2D eigenvalue weighted by Crippen LogP contribution is -2.64. The molecule has 0 unspecified atom stereocenters. The molecule has 4 rings (SSSR count). The van der Waals surface area contributed by atoms with E-state index in [1.165, 1.54) is 36.8 Å². The van der Waals surface area contributed by atoms with Gasteiger partial charge in [0.05, 0.1) is 12.2 Å². The number of allylic oxidation sites excluding steroid dienone is 3. The van der Waals surface area contributed by atoms with Crippen LogP contribution in [0.4, 0.5) is 0 Å². The van der Waals surface area contributed by atoms with Crippen molar-refractivity contribution in [3.8, 4) is 0 Å². The van der Waals surface area contributed by atoms with E-state index in [2.05, 4.69) is 67.5 Å². The minimum absolute atomic E-state index is 0.0735. The first-order chi connectivity index (χ1) is 14.8. The second kappa shape index (κ2) is 7.98. The molecule has 9 atom stereocenters. The number of aliphatic hydroxyl groups is 2. The van der Waals surface area contributed by atoms with E-state index in [-0.39, 0.29) is 33.9 Å². The zero-order valence-corrected chi connectivity index (χ0v) is 22.2. The summed E-state index contributed by atoms with van der Waals surface area (Å²) in [7, 11) is 0. The number of hydrogen-bond donors (Lipinski definition) is 2. The molecule has 2 nitrogen and oxygen atoms in total. The third kappa shape index (κ3) is 3.25. The molecule has 32 heavy (non-hydrogen) atoms. The van der Waals surface area contributed by atoms with Gasteiger partial charge < -0.3 is 10.2 Å². The summed E-state index contributed by atoms with van der Waals surface area (Å²) in [6.45, 7) is 18.9. The largest absolute Gasteiger partial charge is 0.393 e. The predicted octanol–water partition coefficient (Wildman–Crippen LogP) is 7.31. The number of fused-ring (bicyclic) bond motifs is 5. The Balaban J connectivity index is 1.67. The standard InChI is InChI=1S/C30H50O2/c1-19(2)10-9-11-20(3)21-16-17-28(6)24-14-12-22-23(13-15-25(31)27(22,4)5)30(24,8)26(32)18-29(21,28)7/h10,12,20-21,23-26,31-32H,9,11,13-18H2,1-8H3/t20-,21-,23-,24+,25+,26-,28+,29-,30+/m1/s1. The van der Waals surface area contributed by atoms with E-state index in [9.17, 15) is 10.2 Å². The van der Waals surface area contributed by atoms with Gasteiger partial charge in [-0.3, -0.25) is 0 Å². The summed E-state index contributed by atoms with van der Waals surface area (Å²) >= 11 is 0. The number of hydrogen-bond acceptors (Lipinski definition) is 2. The maximum absolute atomic E-state index is 11.9. The lowest BCUT2D eigenvalue weighted by molar-refractivity contribution is -0.204. The smallest absolute Gasteiger partial charge is 0.0628 e. The van der Waals surface area contributed by atoms with Crippen LogP contribution in [-0.4, -0.2) is 22.4 Å². The van der Waals surface area contributed by atoms with Gasteiger partial charge in [0.15, 0.2) is 0 Å². The van der Waals surface area contributed by atoms with Crippen LogP contribution in [0.5, 0.6) is 0 Å². The fourth-order valence-electron chi connectivity index (χ4n) is 9.50. The lowest BCUT2D eigenvalue weighted by atomic mass is 9.38. The van der Waals surface area contributed by atoms with Crippen molar-refractivity contribution in [2.75, 3.05) is 0 Å². The number of aliphatic hydroxyl groups excluding tert-OH is 2. The third-order valence-corrected chi connectivity index (χ3v) is 11.8. The molecule has 182 valence electrons. The van der Waals surface area contributed by atoms with Crippen LogP contribution in [0.1, 0.15) is 107 Å². The molecule has 0 radical (unpaired) electrons. The van der Waals surface area contributed by atoms with E-state index in [1.807, 2.05) is 0 Å². The van der Waals surface area contributed by atoms with Gasteiger partial charge in [0.25, 0.3) is 0 Å². The van der Waals surface area contributed by atoms with Crippen LogP contribution in [0, 0.1) is 45.3 Å². The van der Waals surface area contributed by atoms with Gasteiger partial charge in [0.1, 0.15) is 0 Å². The quantitative estimate of drug-likeness (QED) is 0.448. The van der Waals surface area contributed by atoms with Crippen molar-refractivity contribution in [2.24, 2.45) is 45.3 Å². The molecule has 0 aromatic heterocycles. The Labute approximate surface area is 198 Å². The topological polar surface area (TPSA) is 40.5 Å². The van der Waals surface area contributed by atoms with Crippen molar-refractivity contribution in [3.63, 3.8) is 0 Å². The average molecular weight is 443 g/mol. The first-order valence-corrected chi connectivity index (χ1v) is 13.5. The highest BCUT2D eigenvalue weighted by Crippen LogP contribution is 2.74. The molecule has 0 aromatic carbocycles. The zero-order valence-electron chi connectivity index (χ0n) is 22.2. The van der Waals surface area contributed by atoms with Crippen molar-refractivity contribution in [3.05, 3.63) is 23.3 Å². The predicted molar refractivity (Wildman–Crippen MR) is 134 cm³/mol. The molecular formula is C30H50O2. The van der Waals surface area contributed by atoms with Crippen LogP contribution >= 0.6 is 0 Å². The first kappa shape index (κ1) is 24.5. The molecular weight excluding hydrogens is 392 g/mol. The normalized spacial score (nSPS) is 48.2. The maximum Gasteiger partial charge on any atom is 0.0628 e. The molecule has 4 aliphatic rings. The molecule has 4 aliphatic carbocycles. The van der Waals surface area contributed by atoms with Gasteiger partial charge in [-0.1, -0.05) is 64.8 Å². The molecule has 2 N–H and O–H groups in total. The van der Waals surface area contributed by atoms with Crippen LogP contribution < -0.4 is 0 Å². The summed E-state index contributed by atoms with van der Waals surface area (Å²) in [5.41, 5.74) is 3.10. The fourth-order valence-corrected chi connectivity index (χ4v) is 9.50. The summed E-state index contributed by atoms with van der Waals surface area (Å²) in [4.78, 5) is 0. The second-order valence-electron chi connectivity index (χ2n) is 13.7. The Morgan fingerprint density at radius 3 is 2.38 bits per heavy atom. The third-order valence-electron chi connectivity index (χ3n) is 11.8. The van der Waals surface area contributed by atoms with Gasteiger partial charge in [-0.2, -0.15) is 0 Å². The van der Waals surface area contributed by atoms with E-state index in [4.69, 9.17) is 0 Å². The molecule has 3 saturated carbocycles. The molecule has 0 saturated heterocycles. The van der Waals surface area contributed by atoms with E-state index in [1.54, 1.807) is 0 Å². The molecule has 0 heterocycles. The van der Waals surface area contributed by atoms with Gasteiger partial charge in [-0.15, -0.1) is 0 Å². The fraction of sp³-hybridized carbons (Fsp3) is 0.867. The molecule has 2 heteroatoms. The van der Waals surface area contributed by atoms with Gasteiger partial charge in [0.2, 0.25) is 0 Å². The Hall–Kier alpha value is -0.600. The Kier molecular flexibility index (Phi) is 6.11. The van der Waals surface area contributed by atoms with Crippen LogP contribution in [0.2, 0.25) is 0 Å². The minimum atomic E-state index is -0.260. The Morgan fingerprint density at radius 2 is 1.72 bits per heavy atom. The van der Waals surface area contributed by atoms with Crippen molar-refractivity contribution in [2.45, 2.75) is 119 Å². The van der Waals surface area contributed by atoms with Gasteiger partial charge in [-0.05, 0) is 99.7 Å². The molecule has 3 fully saturated rings. The summed E-state index contributed by atoms with van der Waals surface area (Å²) in [6.07, 6.45) is 13.4. The summed E-state index contributed by atoms with van der Waals surface area (Å²) in [6, 6.07) is 0. The SMILES string of the molecule is CC(C)=CCC[C@@H](C)[C@H]1CC[C@@]2(C)[C@@H]3CC=C4[C@@H](CC[C@H](O)C4(C)C)[C@]3(C)[C@H](O)C[C@]12C. The van der Waals surface area contributed by atoms with Crippen molar-refractivity contribution in [1.82, 2.24) is 0 Å². The van der Waals surface area contributed by atoms with Crippen LogP contribution in [0.15, 0.2) is 23.3 Å². The Morgan fingerprint density at radius 1 is 1.03 bits per heavy atom. The summed E-state index contributed by atoms with van der Waals surface area (Å²) in [5, 5.41) is 22.7. The van der Waals surface area contributed by atoms with E-state index in [0.717, 1.165) is 25.7 Å². The van der Waals surface area contributed by atoms with E-state index < -0.39 is 0 Å². The van der Waals surface area contributed by atoms with Crippen molar-refractivity contribution < 1.29 is 10.2 Å². The van der Waals surface area contributed by atoms with E-state index >= 15 is 0 Å². The number of rotatable bonds is 4. The van der Waals surface area contributed by atoms with Gasteiger partial charge in [0, 0.05) is 10.8 Å². The van der Waals surface area contributed by atoms with Crippen LogP contribution in [0.3, 0.4) is 0 Å². The highest BCUT2D eigenvalue weighted by molar-refractivity contribution is 5.31. The van der Waals surface area contributed by atoms with Gasteiger partial charge in [-0.25, -0.2) is 0 Å². The lowest BCUT2D eigenvalue weighted by Gasteiger charge is -2.67. The highest BCUT2D eigenvalue weighted by atomic mass is 16.3. The van der Waals surface area contributed by atoms with Gasteiger partial charge >= 0.3 is 0 Å². The summed E-state index contributed by atoms with van der Waals surface area (Å²) in [5.74, 6) is 2.34. The Bertz CT molecular complexity index is 789.